The van der Waals surface area contributed by atoms with E-state index in [1.165, 1.54) is 0 Å². The maximum Gasteiger partial charge on any atom is 0.289 e. The number of H-pyrrole nitrogens is 1. The number of hydrogen-bond donors (Lipinski definition) is 1. The van der Waals surface area contributed by atoms with Crippen LogP contribution in [0.3, 0.4) is 0 Å². The molecule has 4 rings (SSSR count). The summed E-state index contributed by atoms with van der Waals surface area (Å²) in [6.45, 7) is 0. The number of rotatable bonds is 2. The first-order valence-electron chi connectivity index (χ1n) is 7.94. The predicted octanol–water partition coefficient (Wildman–Crippen LogP) is 3.75. The Labute approximate surface area is 158 Å². The Morgan fingerprint density at radius 3 is 2.22 bits per heavy atom. The molecule has 0 aliphatic rings. The van der Waals surface area contributed by atoms with Gasteiger partial charge in [0, 0.05) is 16.1 Å². The molecule has 2 aromatic carbocycles. The number of halogens is 1. The number of aromatic amines is 1. The number of pyridine rings is 1. The number of benzene rings is 2. The SMILES string of the molecule is N#Cc1c(-c2ccc(Cl)cc2)c(C#N)c2nc(-c3ccccc3)[nH]n2c1=O. The molecule has 0 saturated carbocycles. The Hall–Kier alpha value is -3.87. The van der Waals surface area contributed by atoms with Gasteiger partial charge in [0.05, 0.1) is 0 Å². The molecule has 0 unspecified atom stereocenters. The van der Waals surface area contributed by atoms with E-state index in [4.69, 9.17) is 11.6 Å². The zero-order chi connectivity index (χ0) is 19.0. The molecule has 0 saturated heterocycles. The van der Waals surface area contributed by atoms with Crippen LogP contribution in [0.1, 0.15) is 11.1 Å². The average molecular weight is 372 g/mol. The average Bonchev–Trinajstić information content (AvgIpc) is 3.15. The Balaban J connectivity index is 2.10. The second-order valence-corrected chi connectivity index (χ2v) is 6.19. The van der Waals surface area contributed by atoms with Gasteiger partial charge in [0.1, 0.15) is 23.3 Å². The molecule has 2 heterocycles. The molecule has 1 N–H and O–H groups in total. The number of aromatic nitrogens is 3. The fourth-order valence-corrected chi connectivity index (χ4v) is 3.08. The minimum atomic E-state index is -0.564. The minimum absolute atomic E-state index is 0.130. The van der Waals surface area contributed by atoms with E-state index in [1.807, 2.05) is 36.4 Å². The van der Waals surface area contributed by atoms with Crippen molar-refractivity contribution in [2.45, 2.75) is 0 Å². The van der Waals surface area contributed by atoms with Gasteiger partial charge < -0.3 is 0 Å². The van der Waals surface area contributed by atoms with Crippen molar-refractivity contribution in [3.8, 4) is 34.7 Å². The first-order valence-corrected chi connectivity index (χ1v) is 8.32. The summed E-state index contributed by atoms with van der Waals surface area (Å²) in [7, 11) is 0. The lowest BCUT2D eigenvalue weighted by atomic mass is 9.97. The molecule has 4 aromatic rings. The maximum absolute atomic E-state index is 12.9. The quantitative estimate of drug-likeness (QED) is 0.580. The van der Waals surface area contributed by atoms with Crippen molar-refractivity contribution < 1.29 is 0 Å². The molecule has 6 nitrogen and oxygen atoms in total. The first-order chi connectivity index (χ1) is 13.1. The van der Waals surface area contributed by atoms with Gasteiger partial charge in [0.2, 0.25) is 0 Å². The molecule has 27 heavy (non-hydrogen) atoms. The van der Waals surface area contributed by atoms with Gasteiger partial charge in [-0.05, 0) is 17.7 Å². The highest BCUT2D eigenvalue weighted by Gasteiger charge is 2.22. The van der Waals surface area contributed by atoms with Crippen LogP contribution in [0.15, 0.2) is 59.4 Å². The van der Waals surface area contributed by atoms with Crippen molar-refractivity contribution in [1.29, 1.82) is 10.5 Å². The third-order valence-corrected chi connectivity index (χ3v) is 4.44. The van der Waals surface area contributed by atoms with Gasteiger partial charge in [0.25, 0.3) is 5.56 Å². The molecule has 0 aliphatic heterocycles. The first kappa shape index (κ1) is 16.6. The number of nitriles is 2. The monoisotopic (exact) mass is 371 g/mol. The fourth-order valence-electron chi connectivity index (χ4n) is 2.95. The van der Waals surface area contributed by atoms with Crippen LogP contribution in [-0.4, -0.2) is 14.6 Å². The summed E-state index contributed by atoms with van der Waals surface area (Å²) < 4.78 is 1.14. The van der Waals surface area contributed by atoms with Gasteiger partial charge in [0.15, 0.2) is 11.5 Å². The van der Waals surface area contributed by atoms with Gasteiger partial charge in [-0.3, -0.25) is 9.89 Å². The highest BCUT2D eigenvalue weighted by atomic mass is 35.5. The third-order valence-electron chi connectivity index (χ3n) is 4.19. The van der Waals surface area contributed by atoms with Crippen LogP contribution in [0.4, 0.5) is 0 Å². The van der Waals surface area contributed by atoms with Crippen LogP contribution in [0.2, 0.25) is 5.02 Å². The standard InChI is InChI=1S/C20H10ClN5O/c21-14-8-6-12(7-9-14)17-15(10-22)19-24-18(13-4-2-1-3-5-13)25-26(19)20(27)16(17)11-23/h1-9H,(H,24,25). The van der Waals surface area contributed by atoms with Crippen LogP contribution in [0.25, 0.3) is 28.2 Å². The molecule has 0 amide bonds. The molecule has 0 fully saturated rings. The Morgan fingerprint density at radius 2 is 1.59 bits per heavy atom. The molecule has 128 valence electrons. The van der Waals surface area contributed by atoms with E-state index < -0.39 is 5.56 Å². The highest BCUT2D eigenvalue weighted by molar-refractivity contribution is 6.30. The molecule has 0 bridgehead atoms. The summed E-state index contributed by atoms with van der Waals surface area (Å²) in [6, 6.07) is 19.9. The van der Waals surface area contributed by atoms with Crippen LogP contribution in [-0.2, 0) is 0 Å². The number of nitrogens with one attached hydrogen (secondary N) is 1. The molecule has 0 spiro atoms. The van der Waals surface area contributed by atoms with E-state index in [2.05, 4.69) is 16.2 Å². The lowest BCUT2D eigenvalue weighted by Gasteiger charge is -2.07. The number of hydrogen-bond acceptors (Lipinski definition) is 4. The molecular weight excluding hydrogens is 362 g/mol. The van der Waals surface area contributed by atoms with E-state index in [1.54, 1.807) is 24.3 Å². The molecule has 0 radical (unpaired) electrons. The second kappa shape index (κ2) is 6.45. The predicted molar refractivity (Wildman–Crippen MR) is 101 cm³/mol. The van der Waals surface area contributed by atoms with Crippen molar-refractivity contribution >= 4 is 17.2 Å². The largest absolute Gasteiger partial charge is 0.289 e. The Morgan fingerprint density at radius 1 is 0.926 bits per heavy atom. The third kappa shape index (κ3) is 2.65. The Kier molecular flexibility index (Phi) is 3.97. The van der Waals surface area contributed by atoms with E-state index in [-0.39, 0.29) is 22.3 Å². The van der Waals surface area contributed by atoms with Crippen LogP contribution in [0.5, 0.6) is 0 Å². The fraction of sp³-hybridized carbons (Fsp3) is 0. The number of fused-ring (bicyclic) bond motifs is 1. The van der Waals surface area contributed by atoms with Crippen LogP contribution < -0.4 is 5.56 Å². The normalized spacial score (nSPS) is 10.5. The van der Waals surface area contributed by atoms with E-state index in [9.17, 15) is 15.3 Å². The van der Waals surface area contributed by atoms with E-state index in [0.29, 0.717) is 16.4 Å². The minimum Gasteiger partial charge on any atom is -0.272 e. The summed E-state index contributed by atoms with van der Waals surface area (Å²) in [6.07, 6.45) is 0. The van der Waals surface area contributed by atoms with E-state index >= 15 is 0 Å². The summed E-state index contributed by atoms with van der Waals surface area (Å²) in [4.78, 5) is 17.3. The second-order valence-electron chi connectivity index (χ2n) is 5.76. The zero-order valence-electron chi connectivity index (χ0n) is 13.8. The van der Waals surface area contributed by atoms with Crippen molar-refractivity contribution in [3.63, 3.8) is 0 Å². The summed E-state index contributed by atoms with van der Waals surface area (Å²) in [5.74, 6) is 0.432. The lowest BCUT2D eigenvalue weighted by Crippen LogP contribution is -2.20. The van der Waals surface area contributed by atoms with Crippen molar-refractivity contribution in [2.75, 3.05) is 0 Å². The van der Waals surface area contributed by atoms with Crippen molar-refractivity contribution in [1.82, 2.24) is 14.6 Å². The molecule has 7 heteroatoms. The van der Waals surface area contributed by atoms with Gasteiger partial charge >= 0.3 is 0 Å². The summed E-state index contributed by atoms with van der Waals surface area (Å²) in [5, 5.41) is 22.8. The van der Waals surface area contributed by atoms with Crippen LogP contribution >= 0.6 is 11.6 Å². The Bertz CT molecular complexity index is 1310. The van der Waals surface area contributed by atoms with Crippen LogP contribution in [0, 0.1) is 22.7 Å². The van der Waals surface area contributed by atoms with Crippen molar-refractivity contribution in [3.05, 3.63) is 81.1 Å². The molecule has 2 aromatic heterocycles. The van der Waals surface area contributed by atoms with Gasteiger partial charge in [-0.25, -0.2) is 4.98 Å². The topological polar surface area (TPSA) is 97.7 Å². The molecule has 0 atom stereocenters. The van der Waals surface area contributed by atoms with Gasteiger partial charge in [-0.2, -0.15) is 15.0 Å². The van der Waals surface area contributed by atoms with Crippen molar-refractivity contribution in [2.24, 2.45) is 0 Å². The smallest absolute Gasteiger partial charge is 0.272 e. The van der Waals surface area contributed by atoms with Gasteiger partial charge in [-0.1, -0.05) is 54.1 Å². The molecule has 0 aliphatic carbocycles. The summed E-state index contributed by atoms with van der Waals surface area (Å²) >= 11 is 5.93. The van der Waals surface area contributed by atoms with E-state index in [0.717, 1.165) is 10.1 Å². The molecular formula is C20H10ClN5O. The maximum atomic E-state index is 12.9. The highest BCUT2D eigenvalue weighted by Crippen LogP contribution is 2.29. The number of nitrogens with zero attached hydrogens (tertiary/aromatic N) is 4. The zero-order valence-corrected chi connectivity index (χ0v) is 14.5. The summed E-state index contributed by atoms with van der Waals surface area (Å²) in [5.41, 5.74) is 1.19. The lowest BCUT2D eigenvalue weighted by molar-refractivity contribution is 0.918. The van der Waals surface area contributed by atoms with Gasteiger partial charge in [-0.15, -0.1) is 0 Å².